The van der Waals surface area contributed by atoms with E-state index < -0.39 is 0 Å². The third-order valence-electron chi connectivity index (χ3n) is 5.15. The van der Waals surface area contributed by atoms with Gasteiger partial charge in [0.15, 0.2) is 11.5 Å². The monoisotopic (exact) mass is 411 g/mol. The van der Waals surface area contributed by atoms with E-state index in [1.165, 1.54) is 0 Å². The molecule has 0 saturated carbocycles. The average molecular weight is 411 g/mol. The van der Waals surface area contributed by atoms with E-state index in [1.807, 2.05) is 59.4 Å². The number of rotatable bonds is 6. The van der Waals surface area contributed by atoms with E-state index in [2.05, 4.69) is 17.4 Å². The van der Waals surface area contributed by atoms with Crippen LogP contribution in [0.25, 0.3) is 11.3 Å². The van der Waals surface area contributed by atoms with Crippen LogP contribution in [0.3, 0.4) is 0 Å². The quantitative estimate of drug-likeness (QED) is 0.515. The van der Waals surface area contributed by atoms with Gasteiger partial charge in [-0.25, -0.2) is 0 Å². The molecule has 0 fully saturated rings. The first kappa shape index (κ1) is 18.9. The second kappa shape index (κ2) is 8.36. The molecule has 0 radical (unpaired) electrons. The number of hydrogen-bond donors (Lipinski definition) is 1. The van der Waals surface area contributed by atoms with Gasteiger partial charge in [0, 0.05) is 23.9 Å². The van der Waals surface area contributed by atoms with Crippen LogP contribution in [0.4, 0.5) is 0 Å². The molecule has 1 amide bonds. The van der Waals surface area contributed by atoms with Crippen molar-refractivity contribution < 1.29 is 14.3 Å². The number of carbonyl (C=O) groups excluding carboxylic acids is 1. The minimum atomic E-state index is -0.211. The Bertz CT molecular complexity index is 1200. The SMILES string of the molecule is O=C(NCc1cn(Cc2ccccc2)nc1-c1ccccc1)c1cccc2c1OCO2. The molecule has 1 N–H and O–H groups in total. The smallest absolute Gasteiger partial charge is 0.255 e. The lowest BCUT2D eigenvalue weighted by molar-refractivity contribution is 0.0946. The molecule has 0 atom stereocenters. The van der Waals surface area contributed by atoms with Crippen molar-refractivity contribution in [2.24, 2.45) is 0 Å². The Morgan fingerprint density at radius 1 is 0.935 bits per heavy atom. The molecule has 1 aliphatic heterocycles. The third kappa shape index (κ3) is 4.00. The number of ether oxygens (including phenoxy) is 2. The molecular weight excluding hydrogens is 390 g/mol. The number of hydrogen-bond acceptors (Lipinski definition) is 4. The van der Waals surface area contributed by atoms with E-state index in [0.717, 1.165) is 22.4 Å². The summed E-state index contributed by atoms with van der Waals surface area (Å²) in [4.78, 5) is 12.8. The standard InChI is InChI=1S/C25H21N3O3/c29-25(21-12-7-13-22-24(21)31-17-30-22)26-14-20-16-28(15-18-8-3-1-4-9-18)27-23(20)19-10-5-2-6-11-19/h1-13,16H,14-15,17H2,(H,26,29). The second-order valence-electron chi connectivity index (χ2n) is 7.27. The van der Waals surface area contributed by atoms with Crippen molar-refractivity contribution in [3.8, 4) is 22.8 Å². The summed E-state index contributed by atoms with van der Waals surface area (Å²) in [5.41, 5.74) is 4.44. The minimum absolute atomic E-state index is 0.129. The molecule has 0 saturated heterocycles. The molecule has 6 heteroatoms. The molecule has 0 unspecified atom stereocenters. The highest BCUT2D eigenvalue weighted by Crippen LogP contribution is 2.35. The summed E-state index contributed by atoms with van der Waals surface area (Å²) in [6.07, 6.45) is 1.99. The molecule has 5 rings (SSSR count). The molecule has 1 aliphatic rings. The first-order valence-electron chi connectivity index (χ1n) is 10.1. The van der Waals surface area contributed by atoms with Crippen molar-refractivity contribution in [2.75, 3.05) is 6.79 Å². The van der Waals surface area contributed by atoms with Crippen molar-refractivity contribution in [1.82, 2.24) is 15.1 Å². The number of amides is 1. The number of benzene rings is 3. The Hall–Kier alpha value is -4.06. The van der Waals surface area contributed by atoms with E-state index in [9.17, 15) is 4.79 Å². The van der Waals surface area contributed by atoms with E-state index in [4.69, 9.17) is 14.6 Å². The van der Waals surface area contributed by atoms with Gasteiger partial charge in [0.2, 0.25) is 6.79 Å². The van der Waals surface area contributed by atoms with Gasteiger partial charge in [0.05, 0.1) is 17.8 Å². The van der Waals surface area contributed by atoms with Crippen LogP contribution in [0, 0.1) is 0 Å². The lowest BCUT2D eigenvalue weighted by Gasteiger charge is -2.08. The molecule has 0 aliphatic carbocycles. The topological polar surface area (TPSA) is 65.4 Å². The fraction of sp³-hybridized carbons (Fsp3) is 0.120. The predicted molar refractivity (Wildman–Crippen MR) is 117 cm³/mol. The zero-order valence-electron chi connectivity index (χ0n) is 16.8. The van der Waals surface area contributed by atoms with Gasteiger partial charge in [-0.1, -0.05) is 66.7 Å². The number of aromatic nitrogens is 2. The summed E-state index contributed by atoms with van der Waals surface area (Å²) in [6.45, 7) is 1.14. The minimum Gasteiger partial charge on any atom is -0.454 e. The maximum absolute atomic E-state index is 12.8. The molecule has 6 nitrogen and oxygen atoms in total. The Balaban J connectivity index is 1.40. The van der Waals surface area contributed by atoms with Gasteiger partial charge in [-0.2, -0.15) is 5.10 Å². The fourth-order valence-corrected chi connectivity index (χ4v) is 3.66. The molecule has 1 aromatic heterocycles. The first-order chi connectivity index (χ1) is 15.3. The van der Waals surface area contributed by atoms with Crippen LogP contribution in [-0.2, 0) is 13.1 Å². The molecule has 31 heavy (non-hydrogen) atoms. The van der Waals surface area contributed by atoms with E-state index in [1.54, 1.807) is 18.2 Å². The Kier molecular flexibility index (Phi) is 5.10. The third-order valence-corrected chi connectivity index (χ3v) is 5.15. The number of nitrogens with zero attached hydrogens (tertiary/aromatic N) is 2. The molecule has 4 aromatic rings. The molecule has 154 valence electrons. The number of nitrogens with one attached hydrogen (secondary N) is 1. The van der Waals surface area contributed by atoms with E-state index >= 15 is 0 Å². The van der Waals surface area contributed by atoms with Crippen molar-refractivity contribution >= 4 is 5.91 Å². The van der Waals surface area contributed by atoms with Crippen molar-refractivity contribution in [2.45, 2.75) is 13.1 Å². The van der Waals surface area contributed by atoms with Gasteiger partial charge >= 0.3 is 0 Å². The predicted octanol–water partition coefficient (Wildman–Crippen LogP) is 4.26. The number of para-hydroxylation sites is 1. The molecule has 0 bridgehead atoms. The average Bonchev–Trinajstić information content (AvgIpc) is 3.45. The fourth-order valence-electron chi connectivity index (χ4n) is 3.66. The second-order valence-corrected chi connectivity index (χ2v) is 7.27. The summed E-state index contributed by atoms with van der Waals surface area (Å²) < 4.78 is 12.8. The highest BCUT2D eigenvalue weighted by molar-refractivity contribution is 5.98. The van der Waals surface area contributed by atoms with Gasteiger partial charge in [-0.15, -0.1) is 0 Å². The van der Waals surface area contributed by atoms with Crippen molar-refractivity contribution in [1.29, 1.82) is 0 Å². The van der Waals surface area contributed by atoms with Crippen LogP contribution in [0.1, 0.15) is 21.5 Å². The zero-order chi connectivity index (χ0) is 21.0. The summed E-state index contributed by atoms with van der Waals surface area (Å²) in [6, 6.07) is 25.5. The van der Waals surface area contributed by atoms with Crippen LogP contribution < -0.4 is 14.8 Å². The van der Waals surface area contributed by atoms with Crippen LogP contribution in [0.5, 0.6) is 11.5 Å². The van der Waals surface area contributed by atoms with Crippen molar-refractivity contribution in [3.63, 3.8) is 0 Å². The molecular formula is C25H21N3O3. The van der Waals surface area contributed by atoms with Crippen molar-refractivity contribution in [3.05, 3.63) is 102 Å². The lowest BCUT2D eigenvalue weighted by atomic mass is 10.1. The van der Waals surface area contributed by atoms with Crippen LogP contribution in [0.2, 0.25) is 0 Å². The summed E-state index contributed by atoms with van der Waals surface area (Å²) in [7, 11) is 0. The largest absolute Gasteiger partial charge is 0.454 e. The van der Waals surface area contributed by atoms with Gasteiger partial charge in [-0.3, -0.25) is 9.48 Å². The molecule has 0 spiro atoms. The normalized spacial score (nSPS) is 12.0. The highest BCUT2D eigenvalue weighted by Gasteiger charge is 2.22. The van der Waals surface area contributed by atoms with E-state index in [0.29, 0.717) is 30.2 Å². The van der Waals surface area contributed by atoms with Gasteiger partial charge in [0.25, 0.3) is 5.91 Å². The highest BCUT2D eigenvalue weighted by atomic mass is 16.7. The van der Waals surface area contributed by atoms with E-state index in [-0.39, 0.29) is 12.7 Å². The summed E-state index contributed by atoms with van der Waals surface area (Å²) in [5, 5.41) is 7.81. The number of fused-ring (bicyclic) bond motifs is 1. The number of carbonyl (C=O) groups is 1. The van der Waals surface area contributed by atoms with Gasteiger partial charge in [0.1, 0.15) is 0 Å². The zero-order valence-corrected chi connectivity index (χ0v) is 16.8. The van der Waals surface area contributed by atoms with Crippen LogP contribution in [0.15, 0.2) is 85.1 Å². The van der Waals surface area contributed by atoms with Gasteiger partial charge in [-0.05, 0) is 17.7 Å². The summed E-state index contributed by atoms with van der Waals surface area (Å²) in [5.74, 6) is 0.869. The summed E-state index contributed by atoms with van der Waals surface area (Å²) >= 11 is 0. The maximum atomic E-state index is 12.8. The molecule has 2 heterocycles. The Morgan fingerprint density at radius 3 is 2.52 bits per heavy atom. The van der Waals surface area contributed by atoms with Crippen LogP contribution >= 0.6 is 0 Å². The maximum Gasteiger partial charge on any atom is 0.255 e. The Labute approximate surface area is 180 Å². The first-order valence-corrected chi connectivity index (χ1v) is 10.1. The van der Waals surface area contributed by atoms with Gasteiger partial charge < -0.3 is 14.8 Å². The molecule has 3 aromatic carbocycles. The lowest BCUT2D eigenvalue weighted by Crippen LogP contribution is -2.23. The Morgan fingerprint density at radius 2 is 1.71 bits per heavy atom. The van der Waals surface area contributed by atoms with Crippen LogP contribution in [-0.4, -0.2) is 22.5 Å².